The molecule has 17 heavy (non-hydrogen) atoms. The van der Waals surface area contributed by atoms with Crippen molar-refractivity contribution in [2.24, 2.45) is 0 Å². The van der Waals surface area contributed by atoms with E-state index in [2.05, 4.69) is 5.32 Å². The summed E-state index contributed by atoms with van der Waals surface area (Å²) in [4.78, 5) is 11.8. The number of aryl methyl sites for hydroxylation is 1. The van der Waals surface area contributed by atoms with Crippen LogP contribution in [0, 0.1) is 6.92 Å². The van der Waals surface area contributed by atoms with E-state index in [9.17, 15) is 4.79 Å². The monoisotopic (exact) mass is 255 g/mol. The molecule has 0 radical (unpaired) electrons. The van der Waals surface area contributed by atoms with Gasteiger partial charge in [-0.25, -0.2) is 0 Å². The summed E-state index contributed by atoms with van der Waals surface area (Å²) in [5.74, 6) is -0.127. The Hall–Kier alpha value is -1.06. The highest BCUT2D eigenvalue weighted by Crippen LogP contribution is 2.16. The SMILES string of the molecule is Cc1ccc(C(=O)NC(C)CCCO)cc1Cl. The minimum atomic E-state index is -0.127. The van der Waals surface area contributed by atoms with Crippen LogP contribution in [0.25, 0.3) is 0 Å². The second-order valence-electron chi connectivity index (χ2n) is 4.20. The molecule has 1 aromatic rings. The molecule has 0 fully saturated rings. The van der Waals surface area contributed by atoms with E-state index < -0.39 is 0 Å². The van der Waals surface area contributed by atoms with Crippen LogP contribution >= 0.6 is 11.6 Å². The third-order valence-electron chi connectivity index (χ3n) is 2.61. The summed E-state index contributed by atoms with van der Waals surface area (Å²) in [7, 11) is 0. The van der Waals surface area contributed by atoms with Crippen molar-refractivity contribution < 1.29 is 9.90 Å². The maximum atomic E-state index is 11.8. The average Bonchev–Trinajstić information content (AvgIpc) is 2.30. The molecule has 0 spiro atoms. The topological polar surface area (TPSA) is 49.3 Å². The summed E-state index contributed by atoms with van der Waals surface area (Å²) in [5, 5.41) is 12.2. The van der Waals surface area contributed by atoms with E-state index in [-0.39, 0.29) is 18.6 Å². The van der Waals surface area contributed by atoms with Gasteiger partial charge in [0.2, 0.25) is 0 Å². The van der Waals surface area contributed by atoms with Gasteiger partial charge < -0.3 is 10.4 Å². The minimum Gasteiger partial charge on any atom is -0.396 e. The smallest absolute Gasteiger partial charge is 0.251 e. The van der Waals surface area contributed by atoms with Gasteiger partial charge in [-0.15, -0.1) is 0 Å². The number of rotatable bonds is 5. The number of carbonyl (C=O) groups excluding carboxylic acids is 1. The minimum absolute atomic E-state index is 0.0507. The Morgan fingerprint density at radius 1 is 1.53 bits per heavy atom. The third kappa shape index (κ3) is 4.36. The van der Waals surface area contributed by atoms with Crippen LogP contribution in [0.1, 0.15) is 35.7 Å². The van der Waals surface area contributed by atoms with Crippen molar-refractivity contribution in [3.8, 4) is 0 Å². The Morgan fingerprint density at radius 2 is 2.24 bits per heavy atom. The quantitative estimate of drug-likeness (QED) is 0.850. The number of halogens is 1. The number of benzene rings is 1. The molecule has 0 bridgehead atoms. The van der Waals surface area contributed by atoms with E-state index >= 15 is 0 Å². The van der Waals surface area contributed by atoms with Crippen LogP contribution < -0.4 is 5.32 Å². The average molecular weight is 256 g/mol. The van der Waals surface area contributed by atoms with Crippen LogP contribution in [0.3, 0.4) is 0 Å². The molecule has 4 heteroatoms. The molecule has 2 N–H and O–H groups in total. The molecular formula is C13H18ClNO2. The Labute approximate surface area is 107 Å². The van der Waals surface area contributed by atoms with Crippen molar-refractivity contribution in [2.45, 2.75) is 32.7 Å². The van der Waals surface area contributed by atoms with Crippen molar-refractivity contribution in [3.05, 3.63) is 34.3 Å². The van der Waals surface area contributed by atoms with Crippen LogP contribution in [-0.2, 0) is 0 Å². The van der Waals surface area contributed by atoms with Gasteiger partial charge in [-0.2, -0.15) is 0 Å². The van der Waals surface area contributed by atoms with E-state index in [4.69, 9.17) is 16.7 Å². The lowest BCUT2D eigenvalue weighted by molar-refractivity contribution is 0.0936. The number of hydrogen-bond acceptors (Lipinski definition) is 2. The van der Waals surface area contributed by atoms with Crippen molar-refractivity contribution in [3.63, 3.8) is 0 Å². The Kier molecular flexibility index (Phi) is 5.45. The summed E-state index contributed by atoms with van der Waals surface area (Å²) in [6.07, 6.45) is 1.46. The second-order valence-corrected chi connectivity index (χ2v) is 4.61. The van der Waals surface area contributed by atoms with Crippen molar-refractivity contribution >= 4 is 17.5 Å². The first kappa shape index (κ1) is 14.0. The molecule has 1 amide bonds. The largest absolute Gasteiger partial charge is 0.396 e. The zero-order chi connectivity index (χ0) is 12.8. The lowest BCUT2D eigenvalue weighted by Gasteiger charge is -2.13. The van der Waals surface area contributed by atoms with E-state index in [0.717, 1.165) is 12.0 Å². The summed E-state index contributed by atoms with van der Waals surface area (Å²) in [6, 6.07) is 5.31. The Bertz CT molecular complexity index is 393. The van der Waals surface area contributed by atoms with Crippen molar-refractivity contribution in [1.82, 2.24) is 5.32 Å². The van der Waals surface area contributed by atoms with E-state index in [1.165, 1.54) is 0 Å². The molecule has 0 aliphatic heterocycles. The van der Waals surface area contributed by atoms with Crippen molar-refractivity contribution in [2.75, 3.05) is 6.61 Å². The molecule has 0 aliphatic carbocycles. The predicted molar refractivity (Wildman–Crippen MR) is 69.4 cm³/mol. The number of aliphatic hydroxyl groups excluding tert-OH is 1. The molecule has 1 rings (SSSR count). The first-order chi connectivity index (χ1) is 8.04. The van der Waals surface area contributed by atoms with Crippen LogP contribution in [-0.4, -0.2) is 23.7 Å². The molecule has 1 aromatic carbocycles. The maximum Gasteiger partial charge on any atom is 0.251 e. The first-order valence-corrected chi connectivity index (χ1v) is 6.10. The highest BCUT2D eigenvalue weighted by Gasteiger charge is 2.10. The molecule has 0 aromatic heterocycles. The zero-order valence-electron chi connectivity index (χ0n) is 10.2. The van der Waals surface area contributed by atoms with Gasteiger partial charge >= 0.3 is 0 Å². The molecular weight excluding hydrogens is 238 g/mol. The van der Waals surface area contributed by atoms with Gasteiger partial charge in [0.25, 0.3) is 5.91 Å². The molecule has 1 atom stereocenters. The molecule has 1 unspecified atom stereocenters. The van der Waals surface area contributed by atoms with E-state index in [1.54, 1.807) is 12.1 Å². The summed E-state index contributed by atoms with van der Waals surface area (Å²) in [6.45, 7) is 3.97. The zero-order valence-corrected chi connectivity index (χ0v) is 10.9. The fraction of sp³-hybridized carbons (Fsp3) is 0.462. The molecule has 3 nitrogen and oxygen atoms in total. The van der Waals surface area contributed by atoms with E-state index in [0.29, 0.717) is 17.0 Å². The maximum absolute atomic E-state index is 11.8. The third-order valence-corrected chi connectivity index (χ3v) is 3.01. The number of hydrogen-bond donors (Lipinski definition) is 2. The molecule has 0 saturated heterocycles. The normalized spacial score (nSPS) is 12.2. The van der Waals surface area contributed by atoms with Crippen LogP contribution in [0.2, 0.25) is 5.02 Å². The van der Waals surface area contributed by atoms with Gasteiger partial charge in [-0.3, -0.25) is 4.79 Å². The van der Waals surface area contributed by atoms with Gasteiger partial charge in [0.1, 0.15) is 0 Å². The summed E-state index contributed by atoms with van der Waals surface area (Å²) < 4.78 is 0. The van der Waals surface area contributed by atoms with Gasteiger partial charge in [0, 0.05) is 23.2 Å². The van der Waals surface area contributed by atoms with Gasteiger partial charge in [0.15, 0.2) is 0 Å². The lowest BCUT2D eigenvalue weighted by atomic mass is 10.1. The highest BCUT2D eigenvalue weighted by atomic mass is 35.5. The summed E-state index contributed by atoms with van der Waals surface area (Å²) >= 11 is 5.97. The second kappa shape index (κ2) is 6.62. The predicted octanol–water partition coefficient (Wildman–Crippen LogP) is 2.54. The molecule has 94 valence electrons. The highest BCUT2D eigenvalue weighted by molar-refractivity contribution is 6.31. The van der Waals surface area contributed by atoms with Crippen LogP contribution in [0.15, 0.2) is 18.2 Å². The number of aliphatic hydroxyl groups is 1. The van der Waals surface area contributed by atoms with Gasteiger partial charge in [0.05, 0.1) is 0 Å². The fourth-order valence-corrected chi connectivity index (χ4v) is 1.69. The first-order valence-electron chi connectivity index (χ1n) is 5.72. The molecule has 0 saturated carbocycles. The standard InChI is InChI=1S/C13H18ClNO2/c1-9-5-6-11(8-12(9)14)13(17)15-10(2)4-3-7-16/h5-6,8,10,16H,3-4,7H2,1-2H3,(H,15,17). The Balaban J connectivity index is 2.60. The molecule has 0 aliphatic rings. The number of carbonyl (C=O) groups is 1. The van der Waals surface area contributed by atoms with Crippen molar-refractivity contribution in [1.29, 1.82) is 0 Å². The Morgan fingerprint density at radius 3 is 2.82 bits per heavy atom. The van der Waals surface area contributed by atoms with Gasteiger partial charge in [-0.05, 0) is 44.4 Å². The van der Waals surface area contributed by atoms with E-state index in [1.807, 2.05) is 19.9 Å². The van der Waals surface area contributed by atoms with Crippen LogP contribution in [0.5, 0.6) is 0 Å². The lowest BCUT2D eigenvalue weighted by Crippen LogP contribution is -2.32. The number of nitrogens with one attached hydrogen (secondary N) is 1. The summed E-state index contributed by atoms with van der Waals surface area (Å²) in [5.41, 5.74) is 1.52. The van der Waals surface area contributed by atoms with Gasteiger partial charge in [-0.1, -0.05) is 17.7 Å². The molecule has 0 heterocycles. The van der Waals surface area contributed by atoms with Crippen LogP contribution in [0.4, 0.5) is 0 Å². The fourth-order valence-electron chi connectivity index (χ4n) is 1.51. The number of amides is 1.